The van der Waals surface area contributed by atoms with Crippen molar-refractivity contribution in [3.05, 3.63) is 24.3 Å². The summed E-state index contributed by atoms with van der Waals surface area (Å²) in [5, 5.41) is 13.5. The fraction of sp³-hybridized carbons (Fsp3) is 0.640. The maximum atomic E-state index is 13.1. The summed E-state index contributed by atoms with van der Waals surface area (Å²) in [5.41, 5.74) is 0. The van der Waals surface area contributed by atoms with Gasteiger partial charge in [0.25, 0.3) is 0 Å². The van der Waals surface area contributed by atoms with Crippen molar-refractivity contribution in [1.29, 1.82) is 0 Å². The average molecular weight is 508 g/mol. The van der Waals surface area contributed by atoms with Crippen LogP contribution in [-0.4, -0.2) is 67.5 Å². The zero-order valence-corrected chi connectivity index (χ0v) is 22.2. The number of hydrogen-bond acceptors (Lipinski definition) is 6. The Labute approximate surface area is 213 Å². The highest BCUT2D eigenvalue weighted by molar-refractivity contribution is 5.94. The molecule has 0 aromatic rings. The molecule has 36 heavy (non-hydrogen) atoms. The van der Waals surface area contributed by atoms with Gasteiger partial charge in [-0.1, -0.05) is 59.8 Å². The van der Waals surface area contributed by atoms with Crippen molar-refractivity contribution in [2.24, 2.45) is 17.8 Å². The molecule has 11 nitrogen and oxygen atoms in total. The third-order valence-corrected chi connectivity index (χ3v) is 5.65. The number of carbonyl (C=O) groups excluding carboxylic acids is 5. The van der Waals surface area contributed by atoms with Crippen molar-refractivity contribution in [3.8, 4) is 0 Å². The van der Waals surface area contributed by atoms with Crippen LogP contribution in [0.25, 0.3) is 0 Å². The van der Waals surface area contributed by atoms with Crippen molar-refractivity contribution in [2.45, 2.75) is 72.1 Å². The van der Waals surface area contributed by atoms with Gasteiger partial charge in [-0.2, -0.15) is 0 Å². The van der Waals surface area contributed by atoms with E-state index in [1.165, 1.54) is 13.2 Å². The van der Waals surface area contributed by atoms with Crippen molar-refractivity contribution in [2.75, 3.05) is 13.7 Å². The second-order valence-corrected chi connectivity index (χ2v) is 9.72. The Kier molecular flexibility index (Phi) is 12.7. The van der Waals surface area contributed by atoms with Crippen molar-refractivity contribution >= 4 is 29.7 Å². The molecule has 1 aliphatic heterocycles. The van der Waals surface area contributed by atoms with Crippen molar-refractivity contribution in [3.63, 3.8) is 0 Å². The molecule has 1 aliphatic rings. The fourth-order valence-electron chi connectivity index (χ4n) is 3.38. The summed E-state index contributed by atoms with van der Waals surface area (Å²) >= 11 is 0. The minimum Gasteiger partial charge on any atom is -0.467 e. The van der Waals surface area contributed by atoms with Gasteiger partial charge < -0.3 is 31.3 Å². The molecule has 0 fully saturated rings. The molecule has 0 spiro atoms. The number of methoxy groups -OCH3 is 1. The Balaban J connectivity index is 3.02. The van der Waals surface area contributed by atoms with Crippen molar-refractivity contribution in [1.82, 2.24) is 26.6 Å². The molecule has 0 bridgehead atoms. The summed E-state index contributed by atoms with van der Waals surface area (Å²) < 4.78 is 4.74. The minimum absolute atomic E-state index is 0.00115. The van der Waals surface area contributed by atoms with Crippen LogP contribution >= 0.6 is 0 Å². The number of amides is 5. The first kappa shape index (κ1) is 30.7. The summed E-state index contributed by atoms with van der Waals surface area (Å²) in [6, 6.07) is -3.98. The molecule has 11 heteroatoms. The van der Waals surface area contributed by atoms with Gasteiger partial charge in [0, 0.05) is 18.7 Å². The van der Waals surface area contributed by atoms with Crippen LogP contribution in [-0.2, 0) is 23.9 Å². The van der Waals surface area contributed by atoms with E-state index >= 15 is 0 Å². The van der Waals surface area contributed by atoms with E-state index in [0.717, 1.165) is 0 Å². The molecule has 202 valence electrons. The first-order chi connectivity index (χ1) is 16.9. The minimum atomic E-state index is -0.994. The number of urea groups is 1. The number of ether oxygens (including phenoxy) is 1. The second kappa shape index (κ2) is 14.9. The molecule has 0 saturated heterocycles. The maximum Gasteiger partial charge on any atom is 0.328 e. The smallest absolute Gasteiger partial charge is 0.328 e. The molecule has 0 saturated carbocycles. The fourth-order valence-corrected chi connectivity index (χ4v) is 3.38. The lowest BCUT2D eigenvalue weighted by atomic mass is 10.0. The zero-order chi connectivity index (χ0) is 27.4. The van der Waals surface area contributed by atoms with Crippen molar-refractivity contribution < 1.29 is 28.7 Å². The summed E-state index contributed by atoms with van der Waals surface area (Å²) in [4.78, 5) is 62.7. The molecule has 0 aromatic heterocycles. The standard InChI is InChI=1S/C25H41N5O6/c1-14(2)17-11-12-19(31)26-13-9-8-10-18(22(32)27-17)28-23(33)20(15(3)4)29-25(35)30-21(16(5)6)24(34)36-7/h8,10-12,14-18,20-21H,9,13H2,1-7H3,(H,26,31)(H,27,32)(H,28,33)(H2,29,30,35)/b10-8+,12-11+/t17-,18+,20-,21-/m1/s1. The summed E-state index contributed by atoms with van der Waals surface area (Å²) in [6.07, 6.45) is 6.74. The molecular formula is C25H41N5O6. The topological polar surface area (TPSA) is 155 Å². The Morgan fingerprint density at radius 3 is 2.14 bits per heavy atom. The monoisotopic (exact) mass is 507 g/mol. The first-order valence-electron chi connectivity index (χ1n) is 12.3. The van der Waals surface area contributed by atoms with E-state index in [9.17, 15) is 24.0 Å². The number of hydrogen-bond donors (Lipinski definition) is 5. The van der Waals surface area contributed by atoms with E-state index in [0.29, 0.717) is 13.0 Å². The van der Waals surface area contributed by atoms with Crippen LogP contribution in [0.3, 0.4) is 0 Å². The van der Waals surface area contributed by atoms with E-state index in [4.69, 9.17) is 4.74 Å². The van der Waals surface area contributed by atoms with E-state index in [1.807, 2.05) is 13.8 Å². The predicted molar refractivity (Wildman–Crippen MR) is 136 cm³/mol. The molecule has 0 radical (unpaired) electrons. The van der Waals surface area contributed by atoms with Gasteiger partial charge in [0.1, 0.15) is 18.1 Å². The van der Waals surface area contributed by atoms with Gasteiger partial charge >= 0.3 is 12.0 Å². The molecule has 5 N–H and O–H groups in total. The third kappa shape index (κ3) is 10.1. The number of rotatable bonds is 8. The predicted octanol–water partition coefficient (Wildman–Crippen LogP) is 0.766. The van der Waals surface area contributed by atoms with E-state index in [-0.39, 0.29) is 23.7 Å². The van der Waals surface area contributed by atoms with Crippen LogP contribution in [0, 0.1) is 17.8 Å². The largest absolute Gasteiger partial charge is 0.467 e. The molecule has 0 aromatic carbocycles. The number of nitrogens with one attached hydrogen (secondary N) is 5. The average Bonchev–Trinajstić information content (AvgIpc) is 2.80. The highest BCUT2D eigenvalue weighted by Crippen LogP contribution is 2.08. The van der Waals surface area contributed by atoms with Gasteiger partial charge in [-0.15, -0.1) is 0 Å². The quantitative estimate of drug-likeness (QED) is 0.241. The Bertz CT molecular complexity index is 852. The van der Waals surface area contributed by atoms with E-state index in [2.05, 4.69) is 26.6 Å². The van der Waals surface area contributed by atoms with E-state index in [1.54, 1.807) is 45.9 Å². The SMILES string of the molecule is COC(=O)[C@H](NC(=O)N[C@@H](C(=O)N[C@H]1/C=C/CCNC(=O)/C=C/[C@H](C(C)C)NC1=O)C(C)C)C(C)C. The first-order valence-corrected chi connectivity index (χ1v) is 12.3. The van der Waals surface area contributed by atoms with Crippen LogP contribution in [0.5, 0.6) is 0 Å². The summed E-state index contributed by atoms with van der Waals surface area (Å²) in [6.45, 7) is 11.2. The van der Waals surface area contributed by atoms with Gasteiger partial charge in [0.05, 0.1) is 7.11 Å². The molecule has 1 heterocycles. The highest BCUT2D eigenvalue weighted by Gasteiger charge is 2.31. The van der Waals surface area contributed by atoms with Gasteiger partial charge in [0.2, 0.25) is 17.7 Å². The van der Waals surface area contributed by atoms with Gasteiger partial charge in [0.15, 0.2) is 0 Å². The third-order valence-electron chi connectivity index (χ3n) is 5.65. The lowest BCUT2D eigenvalue weighted by molar-refractivity contribution is -0.144. The van der Waals surface area contributed by atoms with Gasteiger partial charge in [-0.05, 0) is 24.2 Å². The number of esters is 1. The molecule has 0 aliphatic carbocycles. The maximum absolute atomic E-state index is 13.1. The second-order valence-electron chi connectivity index (χ2n) is 9.72. The Morgan fingerprint density at radius 1 is 0.972 bits per heavy atom. The molecular weight excluding hydrogens is 466 g/mol. The lowest BCUT2D eigenvalue weighted by Crippen LogP contribution is -2.58. The molecule has 4 atom stereocenters. The van der Waals surface area contributed by atoms with Crippen LogP contribution in [0.2, 0.25) is 0 Å². The Morgan fingerprint density at radius 2 is 1.58 bits per heavy atom. The van der Waals surface area contributed by atoms with E-state index < -0.39 is 48.0 Å². The Hall–Kier alpha value is -3.37. The highest BCUT2D eigenvalue weighted by atomic mass is 16.5. The number of carbonyl (C=O) groups is 5. The van der Waals surface area contributed by atoms with Gasteiger partial charge in [-0.3, -0.25) is 14.4 Å². The normalized spacial score (nSPS) is 22.3. The molecule has 5 amide bonds. The summed E-state index contributed by atoms with van der Waals surface area (Å²) in [5.74, 6) is -2.38. The lowest BCUT2D eigenvalue weighted by Gasteiger charge is -2.27. The zero-order valence-electron chi connectivity index (χ0n) is 22.2. The van der Waals surface area contributed by atoms with Crippen LogP contribution in [0.4, 0.5) is 4.79 Å². The summed E-state index contributed by atoms with van der Waals surface area (Å²) in [7, 11) is 1.23. The molecule has 1 rings (SSSR count). The molecule has 0 unspecified atom stereocenters. The van der Waals surface area contributed by atoms with Gasteiger partial charge in [-0.25, -0.2) is 9.59 Å². The van der Waals surface area contributed by atoms with Crippen LogP contribution in [0.1, 0.15) is 48.0 Å². The van der Waals surface area contributed by atoms with Crippen LogP contribution < -0.4 is 26.6 Å². The van der Waals surface area contributed by atoms with Crippen LogP contribution in [0.15, 0.2) is 24.3 Å².